The molecule has 50 valence electrons. The lowest BCUT2D eigenvalue weighted by Gasteiger charge is -1.98. The molecule has 0 spiro atoms. The molecule has 1 unspecified atom stereocenters. The van der Waals surface area contributed by atoms with E-state index in [0.29, 0.717) is 5.78 Å². The Kier molecular flexibility index (Phi) is 6.93. The minimum absolute atomic E-state index is 0. The first-order valence-corrected chi connectivity index (χ1v) is 2.69. The average molecular weight is 137 g/mol. The van der Waals surface area contributed by atoms with Gasteiger partial charge in [0.05, 0.1) is 0 Å². The third-order valence-electron chi connectivity index (χ3n) is 1.31. The van der Waals surface area contributed by atoms with Crippen molar-refractivity contribution in [3.63, 3.8) is 0 Å². The van der Waals surface area contributed by atoms with Crippen LogP contribution in [0.3, 0.4) is 0 Å². The number of carbonyl (C=O) groups excluding carboxylic acids is 1. The maximum absolute atomic E-state index is 10.4. The molecule has 0 fully saturated rings. The normalized spacial score (nSPS) is 11.9. The van der Waals surface area contributed by atoms with Crippen molar-refractivity contribution in [2.45, 2.75) is 27.2 Å². The van der Waals surface area contributed by atoms with Crippen molar-refractivity contribution in [3.05, 3.63) is 0 Å². The van der Waals surface area contributed by atoms with Crippen molar-refractivity contribution >= 4 is 18.2 Å². The van der Waals surface area contributed by atoms with Gasteiger partial charge in [-0.25, -0.2) is 0 Å². The van der Waals surface area contributed by atoms with Gasteiger partial charge in [0.1, 0.15) is 5.78 Å². The predicted octanol–water partition coefficient (Wildman–Crippen LogP) is 2.04. The third kappa shape index (κ3) is 4.13. The molecule has 0 amide bonds. The van der Waals surface area contributed by atoms with E-state index in [-0.39, 0.29) is 18.3 Å². The number of hydrogen-bond donors (Lipinski definition) is 0. The highest BCUT2D eigenvalue weighted by atomic mass is 35.5. The van der Waals surface area contributed by atoms with Gasteiger partial charge in [0.25, 0.3) is 0 Å². The second-order valence-corrected chi connectivity index (χ2v) is 1.92. The highest BCUT2D eigenvalue weighted by molar-refractivity contribution is 5.85. The number of halogens is 1. The molecular formula is C6H13ClO. The Morgan fingerprint density at radius 1 is 1.62 bits per heavy atom. The van der Waals surface area contributed by atoms with Crippen LogP contribution in [0.5, 0.6) is 0 Å². The fourth-order valence-corrected chi connectivity index (χ4v) is 0.287. The molecule has 0 bridgehead atoms. The summed E-state index contributed by atoms with van der Waals surface area (Å²) in [4.78, 5) is 10.4. The minimum Gasteiger partial charge on any atom is -0.300 e. The van der Waals surface area contributed by atoms with Gasteiger partial charge in [-0.05, 0) is 13.3 Å². The zero-order chi connectivity index (χ0) is 5.86. The van der Waals surface area contributed by atoms with Gasteiger partial charge in [0.2, 0.25) is 0 Å². The number of ketones is 1. The summed E-state index contributed by atoms with van der Waals surface area (Å²) in [5.74, 6) is 0.558. The zero-order valence-electron chi connectivity index (χ0n) is 5.60. The van der Waals surface area contributed by atoms with Gasteiger partial charge >= 0.3 is 0 Å². The van der Waals surface area contributed by atoms with Gasteiger partial charge in [-0.15, -0.1) is 12.4 Å². The summed E-state index contributed by atoms with van der Waals surface area (Å²) < 4.78 is 0. The van der Waals surface area contributed by atoms with Crippen LogP contribution in [0.4, 0.5) is 0 Å². The van der Waals surface area contributed by atoms with Crippen LogP contribution >= 0.6 is 12.4 Å². The highest BCUT2D eigenvalue weighted by Gasteiger charge is 2.01. The summed E-state index contributed by atoms with van der Waals surface area (Å²) in [5.41, 5.74) is 0. The predicted molar refractivity (Wildman–Crippen MR) is 37.4 cm³/mol. The van der Waals surface area contributed by atoms with Crippen LogP contribution in [-0.4, -0.2) is 5.78 Å². The third-order valence-corrected chi connectivity index (χ3v) is 1.31. The smallest absolute Gasteiger partial charge is 0.132 e. The molecule has 0 N–H and O–H groups in total. The summed E-state index contributed by atoms with van der Waals surface area (Å²) in [7, 11) is 0. The SMILES string of the molecule is CCC(C)C(C)=O.Cl. The van der Waals surface area contributed by atoms with Crippen molar-refractivity contribution in [3.8, 4) is 0 Å². The standard InChI is InChI=1S/C6H12O.ClH/c1-4-5(2)6(3)7;/h5H,4H2,1-3H3;1H. The summed E-state index contributed by atoms with van der Waals surface area (Å²) in [5, 5.41) is 0. The van der Waals surface area contributed by atoms with Crippen molar-refractivity contribution in [1.82, 2.24) is 0 Å². The summed E-state index contributed by atoms with van der Waals surface area (Å²) in [6.07, 6.45) is 0.968. The van der Waals surface area contributed by atoms with Gasteiger partial charge in [0.15, 0.2) is 0 Å². The van der Waals surface area contributed by atoms with E-state index in [2.05, 4.69) is 0 Å². The maximum Gasteiger partial charge on any atom is 0.132 e. The van der Waals surface area contributed by atoms with Crippen LogP contribution in [-0.2, 0) is 4.79 Å². The summed E-state index contributed by atoms with van der Waals surface area (Å²) >= 11 is 0. The number of hydrogen-bond acceptors (Lipinski definition) is 1. The molecule has 2 heteroatoms. The van der Waals surface area contributed by atoms with Crippen LogP contribution in [0.2, 0.25) is 0 Å². The minimum atomic E-state index is 0. The molecule has 1 nitrogen and oxygen atoms in total. The van der Waals surface area contributed by atoms with Gasteiger partial charge < -0.3 is 0 Å². The molecule has 8 heavy (non-hydrogen) atoms. The van der Waals surface area contributed by atoms with Crippen molar-refractivity contribution in [2.75, 3.05) is 0 Å². The maximum atomic E-state index is 10.4. The number of rotatable bonds is 2. The summed E-state index contributed by atoms with van der Waals surface area (Å²) in [6.45, 7) is 5.60. The van der Waals surface area contributed by atoms with E-state index >= 15 is 0 Å². The molecule has 0 heterocycles. The first kappa shape index (κ1) is 10.9. The Labute approximate surface area is 56.9 Å². The first-order chi connectivity index (χ1) is 3.18. The van der Waals surface area contributed by atoms with Crippen molar-refractivity contribution in [1.29, 1.82) is 0 Å². The van der Waals surface area contributed by atoms with Crippen molar-refractivity contribution in [2.24, 2.45) is 5.92 Å². The molecule has 0 rings (SSSR count). The molecule has 0 radical (unpaired) electrons. The number of carbonyl (C=O) groups is 1. The van der Waals surface area contributed by atoms with Gasteiger partial charge in [0, 0.05) is 5.92 Å². The largest absolute Gasteiger partial charge is 0.300 e. The fraction of sp³-hybridized carbons (Fsp3) is 0.833. The van der Waals surface area contributed by atoms with E-state index in [0.717, 1.165) is 6.42 Å². The highest BCUT2D eigenvalue weighted by Crippen LogP contribution is 1.99. The lowest BCUT2D eigenvalue weighted by atomic mass is 10.1. The molecule has 0 aromatic carbocycles. The van der Waals surface area contributed by atoms with Crippen LogP contribution in [0.25, 0.3) is 0 Å². The van der Waals surface area contributed by atoms with E-state index in [1.165, 1.54) is 0 Å². The molecule has 0 saturated heterocycles. The second kappa shape index (κ2) is 5.10. The van der Waals surface area contributed by atoms with Gasteiger partial charge in [-0.3, -0.25) is 4.79 Å². The molecule has 0 aliphatic carbocycles. The Hall–Kier alpha value is -0.0400. The van der Waals surface area contributed by atoms with Gasteiger partial charge in [-0.1, -0.05) is 13.8 Å². The fourth-order valence-electron chi connectivity index (χ4n) is 0.287. The average Bonchev–Trinajstić information content (AvgIpc) is 1.65. The molecule has 0 aliphatic heterocycles. The Morgan fingerprint density at radius 2 is 2.00 bits per heavy atom. The summed E-state index contributed by atoms with van der Waals surface area (Å²) in [6, 6.07) is 0. The molecule has 0 saturated carbocycles. The first-order valence-electron chi connectivity index (χ1n) is 2.69. The molecule has 0 aromatic heterocycles. The van der Waals surface area contributed by atoms with E-state index < -0.39 is 0 Å². The monoisotopic (exact) mass is 136 g/mol. The van der Waals surface area contributed by atoms with Crippen molar-refractivity contribution < 1.29 is 4.79 Å². The van der Waals surface area contributed by atoms with Crippen LogP contribution in [0, 0.1) is 5.92 Å². The zero-order valence-corrected chi connectivity index (χ0v) is 6.42. The van der Waals surface area contributed by atoms with E-state index in [4.69, 9.17) is 0 Å². The molecule has 0 aromatic rings. The Balaban J connectivity index is 0. The van der Waals surface area contributed by atoms with E-state index in [1.54, 1.807) is 6.92 Å². The topological polar surface area (TPSA) is 17.1 Å². The van der Waals surface area contributed by atoms with Crippen LogP contribution in [0.15, 0.2) is 0 Å². The van der Waals surface area contributed by atoms with Gasteiger partial charge in [-0.2, -0.15) is 0 Å². The van der Waals surface area contributed by atoms with Crippen LogP contribution in [0.1, 0.15) is 27.2 Å². The number of Topliss-reactive ketones (excluding diaryl/α,β-unsaturated/α-hetero) is 1. The Morgan fingerprint density at radius 3 is 2.00 bits per heavy atom. The van der Waals surface area contributed by atoms with E-state index in [1.807, 2.05) is 13.8 Å². The Bertz CT molecular complexity index is 70.9. The second-order valence-electron chi connectivity index (χ2n) is 1.92. The lowest BCUT2D eigenvalue weighted by molar-refractivity contribution is -0.120. The van der Waals surface area contributed by atoms with E-state index in [9.17, 15) is 4.79 Å². The quantitative estimate of drug-likeness (QED) is 0.568. The molecular weight excluding hydrogens is 124 g/mol. The molecule has 0 aliphatic rings. The molecule has 1 atom stereocenters. The lowest BCUT2D eigenvalue weighted by Crippen LogP contribution is -2.03. The van der Waals surface area contributed by atoms with Crippen LogP contribution < -0.4 is 0 Å².